The van der Waals surface area contributed by atoms with Crippen LogP contribution in [0.2, 0.25) is 0 Å². The van der Waals surface area contributed by atoms with Crippen molar-refractivity contribution in [3.05, 3.63) is 60.2 Å². The molecule has 2 fully saturated rings. The Labute approximate surface area is 189 Å². The number of hydrogen-bond acceptors (Lipinski definition) is 5. The van der Waals surface area contributed by atoms with Crippen LogP contribution in [0.25, 0.3) is 11.1 Å². The number of benzene rings is 2. The number of carbonyl (C=O) groups excluding carboxylic acids is 1. The Morgan fingerprint density at radius 1 is 1.03 bits per heavy atom. The maximum absolute atomic E-state index is 12.2. The molecule has 2 N–H and O–H groups in total. The van der Waals surface area contributed by atoms with Gasteiger partial charge in [-0.3, -0.25) is 4.79 Å². The quantitative estimate of drug-likeness (QED) is 0.661. The van der Waals surface area contributed by atoms with Crippen LogP contribution < -0.4 is 5.32 Å². The first kappa shape index (κ1) is 22.9. The van der Waals surface area contributed by atoms with Crippen LogP contribution in [0.4, 0.5) is 0 Å². The van der Waals surface area contributed by atoms with Crippen molar-refractivity contribution in [2.24, 2.45) is 0 Å². The lowest BCUT2D eigenvalue weighted by atomic mass is 9.88. The Balaban J connectivity index is 1.40. The van der Waals surface area contributed by atoms with E-state index >= 15 is 0 Å². The van der Waals surface area contributed by atoms with Gasteiger partial charge in [-0.1, -0.05) is 54.6 Å². The molecule has 2 aliphatic rings. The lowest BCUT2D eigenvalue weighted by Crippen LogP contribution is -2.57. The van der Waals surface area contributed by atoms with Gasteiger partial charge in [0.05, 0.1) is 37.1 Å². The zero-order chi connectivity index (χ0) is 22.3. The molecule has 0 spiro atoms. The van der Waals surface area contributed by atoms with Crippen LogP contribution in [0.1, 0.15) is 31.2 Å². The van der Waals surface area contributed by atoms with E-state index in [1.165, 1.54) is 23.8 Å². The minimum atomic E-state index is -0.147. The number of ether oxygens (including phenoxy) is 3. The number of carbonyl (C=O) groups is 1. The molecule has 4 rings (SSSR count). The number of hydrogen-bond donors (Lipinski definition) is 2. The molecule has 5 atom stereocenters. The van der Waals surface area contributed by atoms with Crippen molar-refractivity contribution < 1.29 is 24.1 Å². The van der Waals surface area contributed by atoms with Crippen molar-refractivity contribution in [1.29, 1.82) is 0 Å². The monoisotopic (exact) mass is 439 g/mol. The van der Waals surface area contributed by atoms with Crippen molar-refractivity contribution in [2.75, 3.05) is 20.3 Å². The molecule has 2 heterocycles. The van der Waals surface area contributed by atoms with E-state index in [1.54, 1.807) is 0 Å². The maximum atomic E-state index is 12.2. The van der Waals surface area contributed by atoms with E-state index in [-0.39, 0.29) is 49.6 Å². The smallest absolute Gasteiger partial charge is 0.246 e. The molecule has 0 unspecified atom stereocenters. The number of fused-ring (bicyclic) bond motifs is 1. The van der Waals surface area contributed by atoms with Gasteiger partial charge < -0.3 is 24.6 Å². The van der Waals surface area contributed by atoms with Crippen molar-refractivity contribution in [1.82, 2.24) is 5.32 Å². The fraction of sp³-hybridized carbons (Fsp3) is 0.500. The number of amides is 1. The maximum Gasteiger partial charge on any atom is 0.246 e. The summed E-state index contributed by atoms with van der Waals surface area (Å²) in [6.45, 7) is 0.0463. The highest BCUT2D eigenvalue weighted by atomic mass is 16.6. The lowest BCUT2D eigenvalue weighted by molar-refractivity contribution is -0.203. The summed E-state index contributed by atoms with van der Waals surface area (Å²) in [5.41, 5.74) is 3.66. The zero-order valence-corrected chi connectivity index (χ0v) is 18.6. The molecule has 2 aromatic rings. The fourth-order valence-electron chi connectivity index (χ4n) is 4.76. The van der Waals surface area contributed by atoms with Crippen LogP contribution in [0.5, 0.6) is 0 Å². The Hall–Kier alpha value is -2.25. The third-order valence-corrected chi connectivity index (χ3v) is 6.44. The van der Waals surface area contributed by atoms with Crippen LogP contribution >= 0.6 is 0 Å². The lowest BCUT2D eigenvalue weighted by Gasteiger charge is -2.45. The summed E-state index contributed by atoms with van der Waals surface area (Å²) in [5, 5.41) is 12.5. The van der Waals surface area contributed by atoms with Gasteiger partial charge in [0.2, 0.25) is 5.91 Å². The Kier molecular flexibility index (Phi) is 7.92. The summed E-state index contributed by atoms with van der Waals surface area (Å²) < 4.78 is 17.4. The molecule has 0 bridgehead atoms. The van der Waals surface area contributed by atoms with E-state index in [0.29, 0.717) is 6.42 Å². The molecule has 1 amide bonds. The van der Waals surface area contributed by atoms with E-state index in [1.807, 2.05) is 18.2 Å². The Morgan fingerprint density at radius 2 is 1.78 bits per heavy atom. The molecule has 6 nitrogen and oxygen atoms in total. The van der Waals surface area contributed by atoms with Crippen molar-refractivity contribution in [3.63, 3.8) is 0 Å². The molecule has 0 aromatic heterocycles. The van der Waals surface area contributed by atoms with Gasteiger partial charge in [0.15, 0.2) is 0 Å². The fourth-order valence-corrected chi connectivity index (χ4v) is 4.76. The highest BCUT2D eigenvalue weighted by molar-refractivity contribution is 5.77. The number of aliphatic hydroxyl groups excluding tert-OH is 1. The second-order valence-electron chi connectivity index (χ2n) is 8.71. The van der Waals surface area contributed by atoms with Crippen molar-refractivity contribution in [2.45, 2.75) is 62.6 Å². The van der Waals surface area contributed by atoms with E-state index in [2.05, 4.69) is 41.7 Å². The first-order valence-corrected chi connectivity index (χ1v) is 11.5. The molecule has 0 saturated carbocycles. The van der Waals surface area contributed by atoms with Gasteiger partial charge in [-0.2, -0.15) is 0 Å². The summed E-state index contributed by atoms with van der Waals surface area (Å²) in [4.78, 5) is 12.2. The van der Waals surface area contributed by atoms with E-state index in [4.69, 9.17) is 14.2 Å². The van der Waals surface area contributed by atoms with E-state index < -0.39 is 0 Å². The first-order valence-electron chi connectivity index (χ1n) is 11.5. The standard InChI is InChI=1S/C26H33NO5/c1-30-17-26(29)27-22-15-25-24(14-12-21(16-28)31-25)32-23(22)13-9-18-7-10-20(11-8-18)19-5-3-2-4-6-19/h2-8,10-11,21-25,28H,9,12-17H2,1H3,(H,27,29)/t21-,22+,23-,24+,25+/m1/s1. The summed E-state index contributed by atoms with van der Waals surface area (Å²) in [6.07, 6.45) is 3.73. The van der Waals surface area contributed by atoms with Crippen LogP contribution in [-0.2, 0) is 25.4 Å². The molecule has 2 aromatic carbocycles. The second kappa shape index (κ2) is 11.1. The average Bonchev–Trinajstić information content (AvgIpc) is 2.83. The van der Waals surface area contributed by atoms with Gasteiger partial charge in [-0.05, 0) is 48.8 Å². The highest BCUT2D eigenvalue weighted by Crippen LogP contribution is 2.33. The van der Waals surface area contributed by atoms with E-state index in [0.717, 1.165) is 25.7 Å². The summed E-state index contributed by atoms with van der Waals surface area (Å²) >= 11 is 0. The topological polar surface area (TPSA) is 77.0 Å². The van der Waals surface area contributed by atoms with E-state index in [9.17, 15) is 9.90 Å². The van der Waals surface area contributed by atoms with Crippen LogP contribution in [-0.4, -0.2) is 61.8 Å². The number of aliphatic hydroxyl groups is 1. The second-order valence-corrected chi connectivity index (χ2v) is 8.71. The third kappa shape index (κ3) is 5.75. The van der Waals surface area contributed by atoms with Crippen LogP contribution in [0, 0.1) is 0 Å². The largest absolute Gasteiger partial charge is 0.394 e. The summed E-state index contributed by atoms with van der Waals surface area (Å²) in [5.74, 6) is -0.147. The predicted molar refractivity (Wildman–Crippen MR) is 122 cm³/mol. The molecule has 32 heavy (non-hydrogen) atoms. The summed E-state index contributed by atoms with van der Waals surface area (Å²) in [6, 6.07) is 18.9. The SMILES string of the molecule is COCC(=O)N[C@H]1C[C@@H]2O[C@@H](CO)CC[C@@H]2O[C@@H]1CCc1ccc(-c2ccccc2)cc1. The van der Waals surface area contributed by atoms with Gasteiger partial charge in [0.1, 0.15) is 6.61 Å². The highest BCUT2D eigenvalue weighted by Gasteiger charge is 2.42. The number of methoxy groups -OCH3 is 1. The molecule has 172 valence electrons. The molecular formula is C26H33NO5. The Morgan fingerprint density at radius 3 is 2.50 bits per heavy atom. The van der Waals surface area contributed by atoms with Crippen molar-refractivity contribution in [3.8, 4) is 11.1 Å². The molecule has 2 aliphatic heterocycles. The number of nitrogens with one attached hydrogen (secondary N) is 1. The average molecular weight is 440 g/mol. The number of rotatable bonds is 8. The molecular weight excluding hydrogens is 406 g/mol. The van der Waals surface area contributed by atoms with Crippen LogP contribution in [0.3, 0.4) is 0 Å². The molecule has 6 heteroatoms. The first-order chi connectivity index (χ1) is 15.7. The molecule has 2 saturated heterocycles. The van der Waals surface area contributed by atoms with Crippen LogP contribution in [0.15, 0.2) is 54.6 Å². The van der Waals surface area contributed by atoms with Gasteiger partial charge in [-0.15, -0.1) is 0 Å². The predicted octanol–water partition coefficient (Wildman–Crippen LogP) is 3.11. The summed E-state index contributed by atoms with van der Waals surface area (Å²) in [7, 11) is 1.51. The van der Waals surface area contributed by atoms with Gasteiger partial charge in [-0.25, -0.2) is 0 Å². The minimum Gasteiger partial charge on any atom is -0.394 e. The molecule has 0 radical (unpaired) electrons. The Bertz CT molecular complexity index is 856. The zero-order valence-electron chi connectivity index (χ0n) is 18.6. The minimum absolute atomic E-state index is 0.0128. The van der Waals surface area contributed by atoms with Crippen molar-refractivity contribution >= 4 is 5.91 Å². The normalized spacial score (nSPS) is 27.5. The van der Waals surface area contributed by atoms with Gasteiger partial charge in [0.25, 0.3) is 0 Å². The van der Waals surface area contributed by atoms with Gasteiger partial charge in [0, 0.05) is 7.11 Å². The third-order valence-electron chi connectivity index (χ3n) is 6.44. The molecule has 0 aliphatic carbocycles. The number of aryl methyl sites for hydroxylation is 1. The van der Waals surface area contributed by atoms with Gasteiger partial charge >= 0.3 is 0 Å².